The maximum Gasteiger partial charge on any atom is 0.143 e. The highest BCUT2D eigenvalue weighted by molar-refractivity contribution is 5.77. The van der Waals surface area contributed by atoms with Crippen LogP contribution < -0.4 is 5.73 Å². The van der Waals surface area contributed by atoms with Crippen molar-refractivity contribution in [3.05, 3.63) is 0 Å². The van der Waals surface area contributed by atoms with Gasteiger partial charge in [-0.05, 0) is 38.8 Å². The van der Waals surface area contributed by atoms with Crippen molar-refractivity contribution in [1.82, 2.24) is 4.90 Å². The summed E-state index contributed by atoms with van der Waals surface area (Å²) in [6.45, 7) is 5.09. The first-order chi connectivity index (χ1) is 5.72. The van der Waals surface area contributed by atoms with Gasteiger partial charge in [0.1, 0.15) is 5.78 Å². The standard InChI is InChI=1S/C9H18N2O/c1-8(12)6-11-4-2-3-9(5-10)7-11/h9H,2-7,10H2,1H3/t9-/m0/s1. The van der Waals surface area contributed by atoms with Gasteiger partial charge >= 0.3 is 0 Å². The van der Waals surface area contributed by atoms with Crippen LogP contribution in [0.4, 0.5) is 0 Å². The van der Waals surface area contributed by atoms with Crippen molar-refractivity contribution in [3.8, 4) is 0 Å². The quantitative estimate of drug-likeness (QED) is 0.660. The van der Waals surface area contributed by atoms with Crippen LogP contribution in [0.1, 0.15) is 19.8 Å². The van der Waals surface area contributed by atoms with Gasteiger partial charge in [-0.15, -0.1) is 0 Å². The van der Waals surface area contributed by atoms with Gasteiger partial charge in [0, 0.05) is 6.54 Å². The van der Waals surface area contributed by atoms with Gasteiger partial charge in [-0.3, -0.25) is 9.69 Å². The molecular weight excluding hydrogens is 152 g/mol. The largest absolute Gasteiger partial charge is 0.330 e. The van der Waals surface area contributed by atoms with Crippen molar-refractivity contribution < 1.29 is 4.79 Å². The zero-order valence-electron chi connectivity index (χ0n) is 7.75. The van der Waals surface area contributed by atoms with Gasteiger partial charge in [-0.2, -0.15) is 0 Å². The minimum Gasteiger partial charge on any atom is -0.330 e. The molecule has 1 heterocycles. The summed E-state index contributed by atoms with van der Waals surface area (Å²) in [4.78, 5) is 13.0. The molecule has 3 nitrogen and oxygen atoms in total. The predicted octanol–water partition coefficient (Wildman–Crippen LogP) is 0.246. The van der Waals surface area contributed by atoms with Gasteiger partial charge in [-0.25, -0.2) is 0 Å². The van der Waals surface area contributed by atoms with E-state index in [1.165, 1.54) is 12.8 Å². The predicted molar refractivity (Wildman–Crippen MR) is 48.9 cm³/mol. The summed E-state index contributed by atoms with van der Waals surface area (Å²) >= 11 is 0. The van der Waals surface area contributed by atoms with E-state index >= 15 is 0 Å². The van der Waals surface area contributed by atoms with Crippen LogP contribution in [0.5, 0.6) is 0 Å². The highest BCUT2D eigenvalue weighted by atomic mass is 16.1. The van der Waals surface area contributed by atoms with E-state index in [4.69, 9.17) is 5.73 Å². The molecule has 0 aromatic carbocycles. The number of piperidine rings is 1. The maximum atomic E-state index is 10.8. The third kappa shape index (κ3) is 2.91. The molecule has 0 aromatic rings. The number of ketones is 1. The normalized spacial score (nSPS) is 25.7. The average molecular weight is 170 g/mol. The van der Waals surface area contributed by atoms with E-state index in [0.29, 0.717) is 12.5 Å². The average Bonchev–Trinajstić information content (AvgIpc) is 2.03. The second-order valence-corrected chi connectivity index (χ2v) is 3.68. The lowest BCUT2D eigenvalue weighted by atomic mass is 9.98. The lowest BCUT2D eigenvalue weighted by molar-refractivity contribution is -0.118. The molecular formula is C9H18N2O. The molecule has 1 aliphatic heterocycles. The van der Waals surface area contributed by atoms with Crippen molar-refractivity contribution in [2.75, 3.05) is 26.2 Å². The van der Waals surface area contributed by atoms with E-state index in [-0.39, 0.29) is 5.78 Å². The first kappa shape index (κ1) is 9.68. The van der Waals surface area contributed by atoms with Crippen LogP contribution in [0.15, 0.2) is 0 Å². The number of rotatable bonds is 3. The molecule has 0 radical (unpaired) electrons. The lowest BCUT2D eigenvalue weighted by Crippen LogP contribution is -2.40. The molecule has 0 aliphatic carbocycles. The fourth-order valence-electron chi connectivity index (χ4n) is 1.80. The fraction of sp³-hybridized carbons (Fsp3) is 0.889. The highest BCUT2D eigenvalue weighted by Gasteiger charge is 2.18. The molecule has 1 rings (SSSR count). The Bertz CT molecular complexity index is 159. The minimum absolute atomic E-state index is 0.257. The molecule has 2 N–H and O–H groups in total. The van der Waals surface area contributed by atoms with Gasteiger partial charge in [0.05, 0.1) is 6.54 Å². The molecule has 1 aliphatic rings. The van der Waals surface area contributed by atoms with Gasteiger partial charge in [0.15, 0.2) is 0 Å². The van der Waals surface area contributed by atoms with E-state index in [9.17, 15) is 4.79 Å². The number of nitrogens with zero attached hydrogens (tertiary/aromatic N) is 1. The summed E-state index contributed by atoms with van der Waals surface area (Å²) in [7, 11) is 0. The summed E-state index contributed by atoms with van der Waals surface area (Å²) < 4.78 is 0. The zero-order chi connectivity index (χ0) is 8.97. The Labute approximate surface area is 73.9 Å². The number of hydrogen-bond donors (Lipinski definition) is 1. The summed E-state index contributed by atoms with van der Waals surface area (Å²) in [5.74, 6) is 0.866. The van der Waals surface area contributed by atoms with Gasteiger partial charge in [0.25, 0.3) is 0 Å². The Morgan fingerprint density at radius 1 is 1.67 bits per heavy atom. The molecule has 0 bridgehead atoms. The minimum atomic E-state index is 0.257. The molecule has 0 spiro atoms. The maximum absolute atomic E-state index is 10.8. The van der Waals surface area contributed by atoms with Crippen molar-refractivity contribution in [1.29, 1.82) is 0 Å². The Kier molecular flexibility index (Phi) is 3.69. The second kappa shape index (κ2) is 4.58. The Morgan fingerprint density at radius 3 is 3.00 bits per heavy atom. The van der Waals surface area contributed by atoms with Gasteiger partial charge < -0.3 is 5.73 Å². The summed E-state index contributed by atoms with van der Waals surface area (Å²) in [5.41, 5.74) is 5.58. The van der Waals surface area contributed by atoms with E-state index in [0.717, 1.165) is 19.6 Å². The molecule has 0 aromatic heterocycles. The Balaban J connectivity index is 2.30. The van der Waals surface area contributed by atoms with Crippen LogP contribution in [-0.4, -0.2) is 36.9 Å². The van der Waals surface area contributed by atoms with Crippen molar-refractivity contribution in [2.24, 2.45) is 11.7 Å². The van der Waals surface area contributed by atoms with E-state index in [1.54, 1.807) is 6.92 Å². The van der Waals surface area contributed by atoms with Crippen LogP contribution in [0.3, 0.4) is 0 Å². The smallest absolute Gasteiger partial charge is 0.143 e. The SMILES string of the molecule is CC(=O)CN1CCC[C@@H](CN)C1. The van der Waals surface area contributed by atoms with Crippen molar-refractivity contribution in [3.63, 3.8) is 0 Å². The lowest BCUT2D eigenvalue weighted by Gasteiger charge is -2.31. The summed E-state index contributed by atoms with van der Waals surface area (Å²) in [5, 5.41) is 0. The van der Waals surface area contributed by atoms with Crippen molar-refractivity contribution >= 4 is 5.78 Å². The molecule has 70 valence electrons. The van der Waals surface area contributed by atoms with E-state index in [2.05, 4.69) is 4.90 Å². The van der Waals surface area contributed by atoms with E-state index < -0.39 is 0 Å². The molecule has 0 unspecified atom stereocenters. The van der Waals surface area contributed by atoms with Crippen LogP contribution in [-0.2, 0) is 4.79 Å². The molecule has 1 fully saturated rings. The second-order valence-electron chi connectivity index (χ2n) is 3.68. The molecule has 0 amide bonds. The number of carbonyl (C=O) groups excluding carboxylic acids is 1. The van der Waals surface area contributed by atoms with Crippen molar-refractivity contribution in [2.45, 2.75) is 19.8 Å². The highest BCUT2D eigenvalue weighted by Crippen LogP contribution is 2.14. The third-order valence-electron chi connectivity index (χ3n) is 2.38. The monoisotopic (exact) mass is 170 g/mol. The molecule has 1 saturated heterocycles. The molecule has 0 saturated carbocycles. The number of carbonyl (C=O) groups is 1. The molecule has 3 heteroatoms. The summed E-state index contributed by atoms with van der Waals surface area (Å²) in [6, 6.07) is 0. The topological polar surface area (TPSA) is 46.3 Å². The number of hydrogen-bond acceptors (Lipinski definition) is 3. The van der Waals surface area contributed by atoms with Crippen LogP contribution in [0.2, 0.25) is 0 Å². The number of Topliss-reactive ketones (excluding diaryl/α,β-unsaturated/α-hetero) is 1. The fourth-order valence-corrected chi connectivity index (χ4v) is 1.80. The van der Waals surface area contributed by atoms with E-state index in [1.807, 2.05) is 0 Å². The zero-order valence-corrected chi connectivity index (χ0v) is 7.75. The van der Waals surface area contributed by atoms with Gasteiger partial charge in [0.2, 0.25) is 0 Å². The van der Waals surface area contributed by atoms with Gasteiger partial charge in [-0.1, -0.05) is 0 Å². The molecule has 1 atom stereocenters. The summed E-state index contributed by atoms with van der Waals surface area (Å²) in [6.07, 6.45) is 2.42. The first-order valence-corrected chi connectivity index (χ1v) is 4.64. The Morgan fingerprint density at radius 2 is 2.42 bits per heavy atom. The van der Waals surface area contributed by atoms with Crippen LogP contribution >= 0.6 is 0 Å². The first-order valence-electron chi connectivity index (χ1n) is 4.64. The third-order valence-corrected chi connectivity index (χ3v) is 2.38. The van der Waals surface area contributed by atoms with Crippen LogP contribution in [0.25, 0.3) is 0 Å². The van der Waals surface area contributed by atoms with Crippen LogP contribution in [0, 0.1) is 5.92 Å². The Hall–Kier alpha value is -0.410. The number of likely N-dealkylation sites (tertiary alicyclic amines) is 1. The molecule has 12 heavy (non-hydrogen) atoms. The number of nitrogens with two attached hydrogens (primary N) is 1.